The maximum atomic E-state index is 13.0. The van der Waals surface area contributed by atoms with Crippen molar-refractivity contribution in [2.45, 2.75) is 19.0 Å². The maximum Gasteiger partial charge on any atom is 0.248 e. The Morgan fingerprint density at radius 2 is 1.82 bits per heavy atom. The van der Waals surface area contributed by atoms with E-state index in [4.69, 9.17) is 5.73 Å². The Kier molecular flexibility index (Phi) is 4.67. The van der Waals surface area contributed by atoms with E-state index in [0.29, 0.717) is 18.7 Å². The van der Waals surface area contributed by atoms with Gasteiger partial charge in [-0.2, -0.15) is 5.10 Å². The normalized spacial score (nSPS) is 14.0. The number of amides is 2. The Morgan fingerprint density at radius 3 is 2.46 bits per heavy atom. The highest BCUT2D eigenvalue weighted by molar-refractivity contribution is 5.93. The number of carbonyl (C=O) groups excluding carboxylic acids is 2. The summed E-state index contributed by atoms with van der Waals surface area (Å²) in [6.07, 6.45) is 0. The molecule has 0 aliphatic carbocycles. The lowest BCUT2D eigenvalue weighted by molar-refractivity contribution is -0.134. The Balaban J connectivity index is 1.56. The van der Waals surface area contributed by atoms with Crippen LogP contribution in [0.5, 0.6) is 0 Å². The van der Waals surface area contributed by atoms with Crippen molar-refractivity contribution < 1.29 is 14.7 Å². The van der Waals surface area contributed by atoms with Gasteiger partial charge in [0.15, 0.2) is 0 Å². The Bertz CT molecular complexity index is 1010. The summed E-state index contributed by atoms with van der Waals surface area (Å²) in [7, 11) is 0. The molecule has 1 aromatic heterocycles. The molecule has 7 nitrogen and oxygen atoms in total. The lowest BCUT2D eigenvalue weighted by atomic mass is 9.98. The van der Waals surface area contributed by atoms with Gasteiger partial charge < -0.3 is 15.7 Å². The van der Waals surface area contributed by atoms with E-state index in [1.54, 1.807) is 29.2 Å². The molecule has 1 aliphatic rings. The van der Waals surface area contributed by atoms with Gasteiger partial charge in [0, 0.05) is 16.7 Å². The maximum absolute atomic E-state index is 13.0. The number of aliphatic hydroxyl groups excluding tert-OH is 1. The van der Waals surface area contributed by atoms with Crippen LogP contribution in [0.3, 0.4) is 0 Å². The Labute approximate surface area is 161 Å². The first-order valence-corrected chi connectivity index (χ1v) is 8.99. The van der Waals surface area contributed by atoms with Crippen LogP contribution in [0.1, 0.15) is 33.1 Å². The summed E-state index contributed by atoms with van der Waals surface area (Å²) in [5.41, 5.74) is 9.95. The summed E-state index contributed by atoms with van der Waals surface area (Å²) in [4.78, 5) is 26.0. The monoisotopic (exact) mass is 376 g/mol. The molecule has 0 saturated carbocycles. The first kappa shape index (κ1) is 17.9. The number of benzene rings is 2. The van der Waals surface area contributed by atoms with E-state index in [-0.39, 0.29) is 12.5 Å². The molecule has 1 unspecified atom stereocenters. The highest BCUT2D eigenvalue weighted by Crippen LogP contribution is 2.32. The number of hydrogen-bond donors (Lipinski definition) is 3. The lowest BCUT2D eigenvalue weighted by Gasteiger charge is -2.22. The third-order valence-electron chi connectivity index (χ3n) is 5.09. The summed E-state index contributed by atoms with van der Waals surface area (Å²) in [5, 5.41) is 17.2. The summed E-state index contributed by atoms with van der Waals surface area (Å²) in [5.74, 6) is -1.18. The van der Waals surface area contributed by atoms with Gasteiger partial charge in [0.05, 0.1) is 37.0 Å². The zero-order chi connectivity index (χ0) is 19.7. The standard InChI is InChI=1S/C21H20N4O3/c22-20(27)15-8-6-14(7-9-15)19-16-10-25(11-18(16)23-24-19)21(28)17(12-26)13-4-2-1-3-5-13/h1-9,17,26H,10-12H2,(H2,22,27)(H,23,24). The summed E-state index contributed by atoms with van der Waals surface area (Å²) >= 11 is 0. The third-order valence-corrected chi connectivity index (χ3v) is 5.09. The highest BCUT2D eigenvalue weighted by atomic mass is 16.3. The molecule has 0 spiro atoms. The van der Waals surface area contributed by atoms with Crippen molar-refractivity contribution in [1.29, 1.82) is 0 Å². The molecule has 0 radical (unpaired) electrons. The average molecular weight is 376 g/mol. The van der Waals surface area contributed by atoms with Gasteiger partial charge in [-0.3, -0.25) is 14.7 Å². The van der Waals surface area contributed by atoms with Gasteiger partial charge in [-0.05, 0) is 17.7 Å². The number of fused-ring (bicyclic) bond motifs is 1. The fourth-order valence-corrected chi connectivity index (χ4v) is 3.56. The largest absolute Gasteiger partial charge is 0.395 e. The van der Waals surface area contributed by atoms with Crippen molar-refractivity contribution in [2.24, 2.45) is 5.73 Å². The molecule has 2 heterocycles. The van der Waals surface area contributed by atoms with Crippen LogP contribution in [-0.4, -0.2) is 38.6 Å². The van der Waals surface area contributed by atoms with E-state index < -0.39 is 11.8 Å². The third kappa shape index (κ3) is 3.16. The van der Waals surface area contributed by atoms with Crippen molar-refractivity contribution in [3.05, 3.63) is 77.0 Å². The second kappa shape index (κ2) is 7.28. The van der Waals surface area contributed by atoms with Crippen LogP contribution in [0.2, 0.25) is 0 Å². The van der Waals surface area contributed by atoms with Crippen molar-refractivity contribution in [2.75, 3.05) is 6.61 Å². The van der Waals surface area contributed by atoms with Gasteiger partial charge in [-0.25, -0.2) is 0 Å². The number of aromatic nitrogens is 2. The SMILES string of the molecule is NC(=O)c1ccc(-c2n[nH]c3c2CN(C(=O)C(CO)c2ccccc2)C3)cc1. The smallest absolute Gasteiger partial charge is 0.248 e. The van der Waals surface area contributed by atoms with E-state index in [1.165, 1.54) is 0 Å². The Hall–Kier alpha value is -3.45. The first-order chi connectivity index (χ1) is 13.6. The summed E-state index contributed by atoms with van der Waals surface area (Å²) in [6, 6.07) is 16.2. The number of aromatic amines is 1. The van der Waals surface area contributed by atoms with Gasteiger partial charge in [0.2, 0.25) is 11.8 Å². The quantitative estimate of drug-likeness (QED) is 0.630. The minimum Gasteiger partial charge on any atom is -0.395 e. The fourth-order valence-electron chi connectivity index (χ4n) is 3.56. The predicted octanol–water partition coefficient (Wildman–Crippen LogP) is 1.79. The summed E-state index contributed by atoms with van der Waals surface area (Å²) in [6.45, 7) is 0.595. The molecule has 0 saturated heterocycles. The number of H-pyrrole nitrogens is 1. The molecule has 142 valence electrons. The number of primary amides is 1. The van der Waals surface area contributed by atoms with Crippen LogP contribution in [0.15, 0.2) is 54.6 Å². The van der Waals surface area contributed by atoms with Crippen LogP contribution < -0.4 is 5.73 Å². The summed E-state index contributed by atoms with van der Waals surface area (Å²) < 4.78 is 0. The predicted molar refractivity (Wildman–Crippen MR) is 103 cm³/mol. The molecule has 1 atom stereocenters. The zero-order valence-electron chi connectivity index (χ0n) is 15.1. The van der Waals surface area contributed by atoms with Crippen LogP contribution in [-0.2, 0) is 17.9 Å². The van der Waals surface area contributed by atoms with E-state index in [0.717, 1.165) is 28.1 Å². The van der Waals surface area contributed by atoms with Crippen LogP contribution in [0, 0.1) is 0 Å². The molecule has 28 heavy (non-hydrogen) atoms. The topological polar surface area (TPSA) is 112 Å². The molecule has 1 aliphatic heterocycles. The van der Waals surface area contributed by atoms with Crippen molar-refractivity contribution in [1.82, 2.24) is 15.1 Å². The molecule has 4 rings (SSSR count). The van der Waals surface area contributed by atoms with E-state index >= 15 is 0 Å². The van der Waals surface area contributed by atoms with Crippen LogP contribution in [0.25, 0.3) is 11.3 Å². The second-order valence-electron chi connectivity index (χ2n) is 6.81. The van der Waals surface area contributed by atoms with Gasteiger partial charge in [-0.15, -0.1) is 0 Å². The molecule has 0 fully saturated rings. The van der Waals surface area contributed by atoms with E-state index in [1.807, 2.05) is 30.3 Å². The number of nitrogens with one attached hydrogen (secondary N) is 1. The second-order valence-corrected chi connectivity index (χ2v) is 6.81. The number of nitrogens with zero attached hydrogens (tertiary/aromatic N) is 2. The van der Waals surface area contributed by atoms with Crippen molar-refractivity contribution in [3.8, 4) is 11.3 Å². The molecular weight excluding hydrogens is 356 g/mol. The van der Waals surface area contributed by atoms with Gasteiger partial charge >= 0.3 is 0 Å². The minimum absolute atomic E-state index is 0.117. The molecule has 7 heteroatoms. The number of rotatable bonds is 5. The van der Waals surface area contributed by atoms with Crippen molar-refractivity contribution >= 4 is 11.8 Å². The molecule has 3 aromatic rings. The van der Waals surface area contributed by atoms with E-state index in [2.05, 4.69) is 10.2 Å². The molecule has 4 N–H and O–H groups in total. The minimum atomic E-state index is -0.587. The van der Waals surface area contributed by atoms with Crippen molar-refractivity contribution in [3.63, 3.8) is 0 Å². The molecular formula is C21H20N4O3. The number of carbonyl (C=O) groups is 2. The molecule has 0 bridgehead atoms. The Morgan fingerprint density at radius 1 is 1.11 bits per heavy atom. The van der Waals surface area contributed by atoms with E-state index in [9.17, 15) is 14.7 Å². The van der Waals surface area contributed by atoms with Gasteiger partial charge in [0.25, 0.3) is 0 Å². The first-order valence-electron chi connectivity index (χ1n) is 8.99. The number of nitrogens with two attached hydrogens (primary N) is 1. The zero-order valence-corrected chi connectivity index (χ0v) is 15.1. The van der Waals surface area contributed by atoms with Crippen LogP contribution in [0.4, 0.5) is 0 Å². The fraction of sp³-hybridized carbons (Fsp3) is 0.190. The number of hydrogen-bond acceptors (Lipinski definition) is 4. The van der Waals surface area contributed by atoms with Crippen LogP contribution >= 0.6 is 0 Å². The average Bonchev–Trinajstić information content (AvgIpc) is 3.30. The lowest BCUT2D eigenvalue weighted by Crippen LogP contribution is -2.32. The highest BCUT2D eigenvalue weighted by Gasteiger charge is 2.32. The molecule has 2 aromatic carbocycles. The number of aliphatic hydroxyl groups is 1. The molecule has 2 amide bonds. The van der Waals surface area contributed by atoms with Gasteiger partial charge in [0.1, 0.15) is 0 Å². The van der Waals surface area contributed by atoms with Gasteiger partial charge in [-0.1, -0.05) is 42.5 Å².